The third kappa shape index (κ3) is 8.05. The first kappa shape index (κ1) is 27.2. The second-order valence-corrected chi connectivity index (χ2v) is 8.96. The van der Waals surface area contributed by atoms with E-state index < -0.39 is 17.6 Å². The monoisotopic (exact) mass is 504 g/mol. The van der Waals surface area contributed by atoms with Crippen LogP contribution in [0.5, 0.6) is 0 Å². The zero-order valence-electron chi connectivity index (χ0n) is 18.6. The Morgan fingerprint density at radius 3 is 2.42 bits per heavy atom. The maximum absolute atomic E-state index is 12.9. The average Bonchev–Trinajstić information content (AvgIpc) is 2.73. The fraction of sp³-hybridized carbons (Fsp3) is 0.478. The summed E-state index contributed by atoms with van der Waals surface area (Å²) in [7, 11) is 4.03. The quantitative estimate of drug-likeness (QED) is 0.512. The van der Waals surface area contributed by atoms with Crippen molar-refractivity contribution in [3.8, 4) is 0 Å². The summed E-state index contributed by atoms with van der Waals surface area (Å²) in [6, 6.07) is 6.76. The molecule has 0 atom stereocenters. The Bertz CT molecular complexity index is 915. The molecule has 182 valence electrons. The summed E-state index contributed by atoms with van der Waals surface area (Å²) < 4.78 is 38.8. The lowest BCUT2D eigenvalue weighted by Gasteiger charge is -2.29. The van der Waals surface area contributed by atoms with Crippen molar-refractivity contribution in [2.75, 3.05) is 26.0 Å². The summed E-state index contributed by atoms with van der Waals surface area (Å²) in [5, 5.41) is 6.22. The highest BCUT2D eigenvalue weighted by Gasteiger charge is 2.32. The predicted octanol–water partition coefficient (Wildman–Crippen LogP) is 5.64. The van der Waals surface area contributed by atoms with E-state index in [1.807, 2.05) is 26.4 Å². The Labute approximate surface area is 203 Å². The van der Waals surface area contributed by atoms with Crippen molar-refractivity contribution in [1.29, 1.82) is 0 Å². The minimum Gasteiger partial charge on any atom is -0.370 e. The summed E-state index contributed by atoms with van der Waals surface area (Å²) in [5.41, 5.74) is 0.122. The summed E-state index contributed by atoms with van der Waals surface area (Å²) in [5.74, 6) is 0.718. The fourth-order valence-corrected chi connectivity index (χ4v) is 4.09. The molecule has 1 aliphatic carbocycles. The van der Waals surface area contributed by atoms with Crippen molar-refractivity contribution in [2.45, 2.75) is 44.4 Å². The molecular formula is C23H29Cl2F3N4O. The molecule has 1 aromatic carbocycles. The molecule has 0 saturated heterocycles. The number of nitrogens with zero attached hydrogens (tertiary/aromatic N) is 2. The van der Waals surface area contributed by atoms with Crippen molar-refractivity contribution in [1.82, 2.24) is 15.2 Å². The summed E-state index contributed by atoms with van der Waals surface area (Å²) in [6.45, 7) is 1.63. The zero-order chi connectivity index (χ0) is 23.3. The number of hydrogen-bond acceptors (Lipinski definition) is 4. The van der Waals surface area contributed by atoms with Gasteiger partial charge in [-0.3, -0.25) is 4.79 Å². The lowest BCUT2D eigenvalue weighted by Crippen LogP contribution is -2.38. The van der Waals surface area contributed by atoms with E-state index in [-0.39, 0.29) is 29.0 Å². The summed E-state index contributed by atoms with van der Waals surface area (Å²) in [6.07, 6.45) is 0.702. The second-order valence-electron chi connectivity index (χ2n) is 8.55. The van der Waals surface area contributed by atoms with E-state index in [9.17, 15) is 18.0 Å². The maximum atomic E-state index is 12.9. The summed E-state index contributed by atoms with van der Waals surface area (Å²) in [4.78, 5) is 19.0. The van der Waals surface area contributed by atoms with Gasteiger partial charge in [-0.05, 0) is 75.5 Å². The standard InChI is InChI=1S/C23H28ClF3N4O.ClH/c1-31(2)14-16-5-10-21(29-13-16)28-12-15-3-7-18(8-4-15)30-22(32)19-11-17(23(25,26)27)6-9-20(19)24;/h5-6,9-11,13,15,18H,3-4,7-8,12,14H2,1-2H3,(H,28,29)(H,30,32);1H. The third-order valence-electron chi connectivity index (χ3n) is 5.62. The van der Waals surface area contributed by atoms with Crippen molar-refractivity contribution < 1.29 is 18.0 Å². The van der Waals surface area contributed by atoms with Gasteiger partial charge in [-0.1, -0.05) is 17.7 Å². The average molecular weight is 505 g/mol. The predicted molar refractivity (Wildman–Crippen MR) is 127 cm³/mol. The summed E-state index contributed by atoms with van der Waals surface area (Å²) >= 11 is 5.97. The molecule has 1 aromatic heterocycles. The number of anilines is 1. The molecule has 0 bridgehead atoms. The minimum absolute atomic E-state index is 0. The SMILES string of the molecule is CN(C)Cc1ccc(NCC2CCC(NC(=O)c3cc(C(F)(F)F)ccc3Cl)CC2)nc1.Cl. The van der Waals surface area contributed by atoms with Crippen LogP contribution in [0.2, 0.25) is 5.02 Å². The van der Waals surface area contributed by atoms with E-state index in [4.69, 9.17) is 11.6 Å². The number of alkyl halides is 3. The molecule has 0 aliphatic heterocycles. The molecule has 2 N–H and O–H groups in total. The number of pyridine rings is 1. The Hall–Kier alpha value is -2.03. The van der Waals surface area contributed by atoms with Gasteiger partial charge >= 0.3 is 6.18 Å². The Kier molecular flexibility index (Phi) is 9.82. The number of carbonyl (C=O) groups excluding carboxylic acids is 1. The number of nitrogens with one attached hydrogen (secondary N) is 2. The molecule has 0 spiro atoms. The molecule has 33 heavy (non-hydrogen) atoms. The van der Waals surface area contributed by atoms with Crippen LogP contribution in [0.15, 0.2) is 36.5 Å². The lowest BCUT2D eigenvalue weighted by atomic mass is 9.86. The van der Waals surface area contributed by atoms with E-state index in [1.165, 1.54) is 0 Å². The molecule has 1 heterocycles. The van der Waals surface area contributed by atoms with Crippen molar-refractivity contribution in [2.24, 2.45) is 5.92 Å². The van der Waals surface area contributed by atoms with Gasteiger partial charge in [-0.2, -0.15) is 13.2 Å². The topological polar surface area (TPSA) is 57.3 Å². The molecule has 0 radical (unpaired) electrons. The molecule has 0 unspecified atom stereocenters. The number of amides is 1. The van der Waals surface area contributed by atoms with E-state index >= 15 is 0 Å². The van der Waals surface area contributed by atoms with Gasteiger partial charge in [-0.25, -0.2) is 4.98 Å². The van der Waals surface area contributed by atoms with Gasteiger partial charge in [-0.15, -0.1) is 12.4 Å². The number of hydrogen-bond donors (Lipinski definition) is 2. The largest absolute Gasteiger partial charge is 0.416 e. The van der Waals surface area contributed by atoms with Crippen LogP contribution in [0, 0.1) is 5.92 Å². The van der Waals surface area contributed by atoms with Gasteiger partial charge in [0, 0.05) is 25.3 Å². The lowest BCUT2D eigenvalue weighted by molar-refractivity contribution is -0.137. The number of halogens is 5. The highest BCUT2D eigenvalue weighted by Crippen LogP contribution is 2.32. The molecule has 1 saturated carbocycles. The molecule has 1 aliphatic rings. The van der Waals surface area contributed by atoms with Crippen LogP contribution in [0.25, 0.3) is 0 Å². The van der Waals surface area contributed by atoms with Gasteiger partial charge in [0.05, 0.1) is 16.1 Å². The van der Waals surface area contributed by atoms with Crippen LogP contribution in [-0.4, -0.2) is 42.5 Å². The zero-order valence-corrected chi connectivity index (χ0v) is 20.2. The fourth-order valence-electron chi connectivity index (χ4n) is 3.89. The molecule has 1 amide bonds. The van der Waals surface area contributed by atoms with Crippen LogP contribution in [-0.2, 0) is 12.7 Å². The van der Waals surface area contributed by atoms with Gasteiger partial charge in [0.1, 0.15) is 5.82 Å². The van der Waals surface area contributed by atoms with Gasteiger partial charge in [0.15, 0.2) is 0 Å². The smallest absolute Gasteiger partial charge is 0.370 e. The number of carbonyl (C=O) groups is 1. The van der Waals surface area contributed by atoms with Crippen molar-refractivity contribution in [3.63, 3.8) is 0 Å². The Morgan fingerprint density at radius 1 is 1.15 bits per heavy atom. The molecular weight excluding hydrogens is 476 g/mol. The molecule has 10 heteroatoms. The van der Waals surface area contributed by atoms with E-state index in [1.54, 1.807) is 0 Å². The molecule has 2 aromatic rings. The normalized spacial score (nSPS) is 18.5. The van der Waals surface area contributed by atoms with Crippen LogP contribution >= 0.6 is 24.0 Å². The Balaban J connectivity index is 0.00000385. The maximum Gasteiger partial charge on any atom is 0.416 e. The van der Waals surface area contributed by atoms with Gasteiger partial charge < -0.3 is 15.5 Å². The van der Waals surface area contributed by atoms with Crippen LogP contribution in [0.1, 0.15) is 47.2 Å². The van der Waals surface area contributed by atoms with Gasteiger partial charge in [0.2, 0.25) is 0 Å². The van der Waals surface area contributed by atoms with Crippen molar-refractivity contribution in [3.05, 3.63) is 58.2 Å². The first-order valence-electron chi connectivity index (χ1n) is 10.6. The number of benzene rings is 1. The van der Waals surface area contributed by atoms with E-state index in [2.05, 4.69) is 26.6 Å². The highest BCUT2D eigenvalue weighted by molar-refractivity contribution is 6.33. The minimum atomic E-state index is -4.52. The second kappa shape index (κ2) is 11.9. The van der Waals surface area contributed by atoms with E-state index in [0.717, 1.165) is 68.4 Å². The third-order valence-corrected chi connectivity index (χ3v) is 5.95. The first-order valence-corrected chi connectivity index (χ1v) is 11.0. The molecule has 1 fully saturated rings. The molecule has 5 nitrogen and oxygen atoms in total. The van der Waals surface area contributed by atoms with E-state index in [0.29, 0.717) is 5.92 Å². The van der Waals surface area contributed by atoms with Crippen LogP contribution < -0.4 is 10.6 Å². The van der Waals surface area contributed by atoms with Crippen LogP contribution in [0.3, 0.4) is 0 Å². The van der Waals surface area contributed by atoms with Crippen molar-refractivity contribution >= 4 is 35.7 Å². The van der Waals surface area contributed by atoms with Crippen LogP contribution in [0.4, 0.5) is 19.0 Å². The first-order chi connectivity index (χ1) is 15.1. The molecule has 3 rings (SSSR count). The van der Waals surface area contributed by atoms with Gasteiger partial charge in [0.25, 0.3) is 5.91 Å². The highest BCUT2D eigenvalue weighted by atomic mass is 35.5. The number of aromatic nitrogens is 1. The Morgan fingerprint density at radius 2 is 1.85 bits per heavy atom. The number of rotatable bonds is 7.